The van der Waals surface area contributed by atoms with Crippen molar-refractivity contribution in [2.45, 2.75) is 19.9 Å². The number of methoxy groups -OCH3 is 1. The summed E-state index contributed by atoms with van der Waals surface area (Å²) in [5.41, 5.74) is -0.371. The van der Waals surface area contributed by atoms with Gasteiger partial charge in [0.05, 0.1) is 42.6 Å². The molecule has 3 aromatic rings. The average molecular weight is 544 g/mol. The van der Waals surface area contributed by atoms with Crippen LogP contribution >= 0.6 is 11.6 Å². The van der Waals surface area contributed by atoms with Crippen molar-refractivity contribution in [2.75, 3.05) is 25.2 Å². The number of ketones is 1. The zero-order valence-corrected chi connectivity index (χ0v) is 21.5. The molecular formula is C28H24ClF2NO6. The van der Waals surface area contributed by atoms with Gasteiger partial charge >= 0.3 is 0 Å². The normalized spacial score (nSPS) is 16.6. The van der Waals surface area contributed by atoms with E-state index < -0.39 is 40.8 Å². The van der Waals surface area contributed by atoms with Crippen LogP contribution in [-0.4, -0.2) is 37.1 Å². The molecule has 3 aromatic carbocycles. The minimum atomic E-state index is -1.33. The molecule has 1 N–H and O–H groups in total. The molecule has 0 bridgehead atoms. The first-order chi connectivity index (χ1) is 18.2. The molecular weight excluding hydrogens is 520 g/mol. The number of hydrogen-bond acceptors (Lipinski definition) is 6. The first-order valence-corrected chi connectivity index (χ1v) is 12.1. The molecule has 7 nitrogen and oxygen atoms in total. The standard InChI is InChI=1S/C28H24ClF2NO6/c1-4-37-22-13-16(6-9-18(22)29)26(33)24-25(15-7-11-21(36-3)23(12-15)38-5-2)32(28(35)27(24)34)20-14-17(30)8-10-19(20)31/h6-14,25,33H,4-5H2,1-3H3/b26-24+. The van der Waals surface area contributed by atoms with E-state index in [1.807, 2.05) is 0 Å². The number of aliphatic hydroxyl groups excluding tert-OH is 1. The number of ether oxygens (including phenoxy) is 3. The SMILES string of the molecule is CCOc1cc(/C(O)=C2\C(=O)C(=O)N(c3cc(F)ccc3F)C2c2ccc(OC)c(OCC)c2)ccc1Cl. The highest BCUT2D eigenvalue weighted by atomic mass is 35.5. The van der Waals surface area contributed by atoms with E-state index in [-0.39, 0.29) is 34.1 Å². The smallest absolute Gasteiger partial charge is 0.300 e. The summed E-state index contributed by atoms with van der Waals surface area (Å²) in [6.07, 6.45) is 0. The molecule has 0 radical (unpaired) electrons. The second-order valence-electron chi connectivity index (χ2n) is 8.19. The zero-order valence-electron chi connectivity index (χ0n) is 20.8. The molecule has 1 unspecified atom stereocenters. The number of halogens is 3. The van der Waals surface area contributed by atoms with E-state index in [1.54, 1.807) is 26.0 Å². The van der Waals surface area contributed by atoms with Gasteiger partial charge in [-0.3, -0.25) is 14.5 Å². The molecule has 4 rings (SSSR count). The molecule has 1 atom stereocenters. The molecule has 1 saturated heterocycles. The summed E-state index contributed by atoms with van der Waals surface area (Å²) in [6.45, 7) is 4.08. The van der Waals surface area contributed by atoms with Crippen LogP contribution in [0, 0.1) is 11.6 Å². The van der Waals surface area contributed by atoms with Crippen molar-refractivity contribution >= 4 is 34.7 Å². The van der Waals surface area contributed by atoms with Gasteiger partial charge in [-0.25, -0.2) is 8.78 Å². The molecule has 1 heterocycles. The van der Waals surface area contributed by atoms with Gasteiger partial charge in [-0.05, 0) is 61.9 Å². The van der Waals surface area contributed by atoms with Crippen LogP contribution < -0.4 is 19.1 Å². The third-order valence-corrected chi connectivity index (χ3v) is 6.23. The third kappa shape index (κ3) is 4.89. The van der Waals surface area contributed by atoms with E-state index >= 15 is 0 Å². The monoisotopic (exact) mass is 543 g/mol. The molecule has 0 saturated carbocycles. The lowest BCUT2D eigenvalue weighted by atomic mass is 9.94. The van der Waals surface area contributed by atoms with Crippen LogP contribution in [0.3, 0.4) is 0 Å². The minimum absolute atomic E-state index is 0.138. The highest BCUT2D eigenvalue weighted by molar-refractivity contribution is 6.51. The Balaban J connectivity index is 1.99. The van der Waals surface area contributed by atoms with Gasteiger partial charge < -0.3 is 19.3 Å². The van der Waals surface area contributed by atoms with Crippen molar-refractivity contribution in [3.8, 4) is 17.2 Å². The van der Waals surface area contributed by atoms with Gasteiger partial charge in [0.25, 0.3) is 11.7 Å². The molecule has 1 aliphatic heterocycles. The molecule has 0 aromatic heterocycles. The number of benzene rings is 3. The second kappa shape index (κ2) is 11.1. The summed E-state index contributed by atoms with van der Waals surface area (Å²) in [5.74, 6) is -3.59. The van der Waals surface area contributed by atoms with Crippen LogP contribution in [0.25, 0.3) is 5.76 Å². The van der Waals surface area contributed by atoms with Gasteiger partial charge in [0.1, 0.15) is 23.1 Å². The summed E-state index contributed by atoms with van der Waals surface area (Å²) in [5, 5.41) is 11.6. The fourth-order valence-corrected chi connectivity index (χ4v) is 4.44. The second-order valence-corrected chi connectivity index (χ2v) is 8.59. The van der Waals surface area contributed by atoms with Crippen molar-refractivity contribution in [3.63, 3.8) is 0 Å². The first kappa shape index (κ1) is 26.9. The number of amides is 1. The predicted molar refractivity (Wildman–Crippen MR) is 138 cm³/mol. The lowest BCUT2D eigenvalue weighted by molar-refractivity contribution is -0.132. The molecule has 38 heavy (non-hydrogen) atoms. The Morgan fingerprint density at radius 2 is 1.66 bits per heavy atom. The predicted octanol–water partition coefficient (Wildman–Crippen LogP) is 6.05. The topological polar surface area (TPSA) is 85.3 Å². The number of aliphatic hydroxyl groups is 1. The molecule has 1 fully saturated rings. The lowest BCUT2D eigenvalue weighted by Gasteiger charge is -2.26. The van der Waals surface area contributed by atoms with Crippen LogP contribution in [0.5, 0.6) is 17.2 Å². The van der Waals surface area contributed by atoms with E-state index in [9.17, 15) is 23.5 Å². The number of rotatable bonds is 8. The van der Waals surface area contributed by atoms with Gasteiger partial charge in [0.15, 0.2) is 11.5 Å². The van der Waals surface area contributed by atoms with Crippen LogP contribution in [0.4, 0.5) is 14.5 Å². The molecule has 198 valence electrons. The van der Waals surface area contributed by atoms with Gasteiger partial charge in [-0.2, -0.15) is 0 Å². The van der Waals surface area contributed by atoms with E-state index in [0.29, 0.717) is 18.1 Å². The maximum atomic E-state index is 14.9. The van der Waals surface area contributed by atoms with Gasteiger partial charge in [-0.1, -0.05) is 17.7 Å². The number of Topliss-reactive ketones (excluding diaryl/α,β-unsaturated/α-hetero) is 1. The number of carbonyl (C=O) groups is 2. The van der Waals surface area contributed by atoms with Crippen molar-refractivity contribution in [1.82, 2.24) is 0 Å². The average Bonchev–Trinajstić information content (AvgIpc) is 3.16. The van der Waals surface area contributed by atoms with Crippen molar-refractivity contribution < 1.29 is 37.7 Å². The van der Waals surface area contributed by atoms with Crippen LogP contribution in [0.1, 0.15) is 31.0 Å². The number of nitrogens with zero attached hydrogens (tertiary/aromatic N) is 1. The minimum Gasteiger partial charge on any atom is -0.507 e. The lowest BCUT2D eigenvalue weighted by Crippen LogP contribution is -2.30. The highest BCUT2D eigenvalue weighted by Gasteiger charge is 2.48. The van der Waals surface area contributed by atoms with Gasteiger partial charge in [-0.15, -0.1) is 0 Å². The summed E-state index contributed by atoms with van der Waals surface area (Å²) in [4.78, 5) is 27.5. The Bertz CT molecular complexity index is 1440. The van der Waals surface area contributed by atoms with Crippen LogP contribution in [0.2, 0.25) is 5.02 Å². The van der Waals surface area contributed by atoms with E-state index in [0.717, 1.165) is 23.1 Å². The molecule has 0 spiro atoms. The van der Waals surface area contributed by atoms with Crippen molar-refractivity contribution in [2.24, 2.45) is 0 Å². The largest absolute Gasteiger partial charge is 0.507 e. The van der Waals surface area contributed by atoms with Crippen molar-refractivity contribution in [3.05, 3.63) is 88.0 Å². The van der Waals surface area contributed by atoms with Crippen LogP contribution in [-0.2, 0) is 9.59 Å². The Labute approximate surface area is 222 Å². The number of hydrogen-bond donors (Lipinski definition) is 1. The third-order valence-electron chi connectivity index (χ3n) is 5.92. The quantitative estimate of drug-likeness (QED) is 0.211. The maximum Gasteiger partial charge on any atom is 0.300 e. The number of anilines is 1. The maximum absolute atomic E-state index is 14.9. The molecule has 0 aliphatic carbocycles. The Morgan fingerprint density at radius 1 is 0.947 bits per heavy atom. The van der Waals surface area contributed by atoms with Gasteiger partial charge in [0, 0.05) is 11.6 Å². The Hall–Kier alpha value is -4.11. The van der Waals surface area contributed by atoms with E-state index in [2.05, 4.69) is 0 Å². The summed E-state index contributed by atoms with van der Waals surface area (Å²) in [6, 6.07) is 10.2. The summed E-state index contributed by atoms with van der Waals surface area (Å²) >= 11 is 6.17. The van der Waals surface area contributed by atoms with E-state index in [1.165, 1.54) is 31.4 Å². The molecule has 1 aliphatic rings. The fourth-order valence-electron chi connectivity index (χ4n) is 4.27. The summed E-state index contributed by atoms with van der Waals surface area (Å²) < 4.78 is 45.6. The van der Waals surface area contributed by atoms with E-state index in [4.69, 9.17) is 25.8 Å². The molecule has 1 amide bonds. The van der Waals surface area contributed by atoms with Crippen molar-refractivity contribution in [1.29, 1.82) is 0 Å². The highest BCUT2D eigenvalue weighted by Crippen LogP contribution is 2.45. The zero-order chi connectivity index (χ0) is 27.6. The number of carbonyl (C=O) groups excluding carboxylic acids is 2. The Morgan fingerprint density at radius 3 is 2.34 bits per heavy atom. The summed E-state index contributed by atoms with van der Waals surface area (Å²) in [7, 11) is 1.45. The fraction of sp³-hybridized carbons (Fsp3) is 0.214. The first-order valence-electron chi connectivity index (χ1n) is 11.7. The Kier molecular flexibility index (Phi) is 7.87. The van der Waals surface area contributed by atoms with Gasteiger partial charge in [0.2, 0.25) is 0 Å². The van der Waals surface area contributed by atoms with Crippen LogP contribution in [0.15, 0.2) is 60.2 Å². The molecule has 10 heteroatoms.